The van der Waals surface area contributed by atoms with E-state index in [1.165, 1.54) is 0 Å². The summed E-state index contributed by atoms with van der Waals surface area (Å²) >= 11 is 12.0. The third kappa shape index (κ3) is 1.99. The van der Waals surface area contributed by atoms with Crippen molar-refractivity contribution in [2.24, 2.45) is 0 Å². The lowest BCUT2D eigenvalue weighted by molar-refractivity contribution is -0.0202. The Kier molecular flexibility index (Phi) is 3.20. The molecule has 2 aromatic rings. The number of ether oxygens (including phenoxy) is 1. The molecule has 0 radical (unpaired) electrons. The molecule has 2 unspecified atom stereocenters. The Balaban J connectivity index is 2.03. The molecule has 0 aromatic carbocycles. The number of nitrogens with zero attached hydrogens (tertiary/aromatic N) is 2. The summed E-state index contributed by atoms with van der Waals surface area (Å²) in [7, 11) is 0. The number of aliphatic hydroxyl groups excluding tert-OH is 1. The van der Waals surface area contributed by atoms with Crippen LogP contribution in [-0.2, 0) is 4.74 Å². The topological polar surface area (TPSA) is 47.3 Å². The second-order valence-electron chi connectivity index (χ2n) is 4.36. The first-order valence-electron chi connectivity index (χ1n) is 5.78. The van der Waals surface area contributed by atoms with Crippen molar-refractivity contribution in [1.82, 2.24) is 9.55 Å². The highest BCUT2D eigenvalue weighted by molar-refractivity contribution is 6.36. The Morgan fingerprint density at radius 1 is 1.44 bits per heavy atom. The Labute approximate surface area is 114 Å². The van der Waals surface area contributed by atoms with Gasteiger partial charge in [-0.3, -0.25) is 0 Å². The van der Waals surface area contributed by atoms with E-state index in [-0.39, 0.29) is 18.9 Å². The van der Waals surface area contributed by atoms with Gasteiger partial charge in [0.15, 0.2) is 0 Å². The molecule has 0 aliphatic carbocycles. The van der Waals surface area contributed by atoms with Crippen molar-refractivity contribution in [2.75, 3.05) is 6.61 Å². The van der Waals surface area contributed by atoms with Gasteiger partial charge in [0.2, 0.25) is 0 Å². The predicted molar refractivity (Wildman–Crippen MR) is 70.0 cm³/mol. The number of pyridine rings is 1. The van der Waals surface area contributed by atoms with E-state index in [0.29, 0.717) is 10.3 Å². The van der Waals surface area contributed by atoms with Crippen molar-refractivity contribution in [2.45, 2.75) is 25.2 Å². The van der Waals surface area contributed by atoms with Crippen LogP contribution in [0.15, 0.2) is 18.3 Å². The summed E-state index contributed by atoms with van der Waals surface area (Å²) in [4.78, 5) is 4.01. The third-order valence-electron chi connectivity index (χ3n) is 3.24. The molecule has 2 atom stereocenters. The van der Waals surface area contributed by atoms with Crippen LogP contribution in [-0.4, -0.2) is 27.4 Å². The van der Waals surface area contributed by atoms with Crippen LogP contribution in [0.2, 0.25) is 10.3 Å². The Hall–Kier alpha value is -0.810. The Bertz CT molecular complexity index is 585. The van der Waals surface area contributed by atoms with E-state index in [9.17, 15) is 0 Å². The van der Waals surface area contributed by atoms with Gasteiger partial charge in [0, 0.05) is 11.6 Å². The zero-order valence-electron chi connectivity index (χ0n) is 9.51. The van der Waals surface area contributed by atoms with E-state index >= 15 is 0 Å². The molecule has 0 spiro atoms. The number of aromatic nitrogens is 2. The van der Waals surface area contributed by atoms with Crippen LogP contribution < -0.4 is 0 Å². The van der Waals surface area contributed by atoms with Crippen LogP contribution in [0.1, 0.15) is 19.1 Å². The SMILES string of the molecule is OCC1CCC(n2ccc3c(Cl)nc(Cl)cc32)O1. The van der Waals surface area contributed by atoms with Crippen molar-refractivity contribution in [3.8, 4) is 0 Å². The van der Waals surface area contributed by atoms with Gasteiger partial charge in [-0.25, -0.2) is 4.98 Å². The smallest absolute Gasteiger partial charge is 0.140 e. The minimum atomic E-state index is -0.0831. The van der Waals surface area contributed by atoms with E-state index < -0.39 is 0 Å². The van der Waals surface area contributed by atoms with Gasteiger partial charge in [-0.1, -0.05) is 23.2 Å². The van der Waals surface area contributed by atoms with Crippen molar-refractivity contribution < 1.29 is 9.84 Å². The molecular formula is C12H12Cl2N2O2. The highest BCUT2D eigenvalue weighted by Gasteiger charge is 2.26. The van der Waals surface area contributed by atoms with Gasteiger partial charge in [0.05, 0.1) is 18.2 Å². The zero-order chi connectivity index (χ0) is 12.7. The summed E-state index contributed by atoms with van der Waals surface area (Å²) in [5, 5.41) is 10.7. The second kappa shape index (κ2) is 4.70. The lowest BCUT2D eigenvalue weighted by atomic mass is 10.2. The molecular weight excluding hydrogens is 275 g/mol. The van der Waals surface area contributed by atoms with Gasteiger partial charge in [0.1, 0.15) is 16.5 Å². The van der Waals surface area contributed by atoms with E-state index in [4.69, 9.17) is 33.0 Å². The fourth-order valence-electron chi connectivity index (χ4n) is 2.36. The molecule has 0 amide bonds. The van der Waals surface area contributed by atoms with Gasteiger partial charge in [-0.2, -0.15) is 0 Å². The van der Waals surface area contributed by atoms with Crippen LogP contribution in [0.5, 0.6) is 0 Å². The van der Waals surface area contributed by atoms with Gasteiger partial charge in [0.25, 0.3) is 0 Å². The molecule has 18 heavy (non-hydrogen) atoms. The quantitative estimate of drug-likeness (QED) is 0.864. The predicted octanol–water partition coefficient (Wildman–Crippen LogP) is 3.01. The summed E-state index contributed by atoms with van der Waals surface area (Å²) in [6, 6.07) is 3.68. The number of rotatable bonds is 2. The maximum atomic E-state index is 9.10. The Morgan fingerprint density at radius 2 is 2.28 bits per heavy atom. The maximum absolute atomic E-state index is 9.10. The summed E-state index contributed by atoms with van der Waals surface area (Å²) in [5.41, 5.74) is 0.906. The average Bonchev–Trinajstić information content (AvgIpc) is 2.93. The molecule has 1 fully saturated rings. The highest BCUT2D eigenvalue weighted by Crippen LogP contribution is 2.33. The van der Waals surface area contributed by atoms with Crippen molar-refractivity contribution in [1.29, 1.82) is 0 Å². The van der Waals surface area contributed by atoms with E-state index in [2.05, 4.69) is 4.98 Å². The van der Waals surface area contributed by atoms with Crippen LogP contribution in [0.4, 0.5) is 0 Å². The number of hydrogen-bond acceptors (Lipinski definition) is 3. The molecule has 96 valence electrons. The summed E-state index contributed by atoms with van der Waals surface area (Å²) in [6.07, 6.45) is 3.48. The number of fused-ring (bicyclic) bond motifs is 1. The summed E-state index contributed by atoms with van der Waals surface area (Å²) in [5.74, 6) is 0. The first-order valence-corrected chi connectivity index (χ1v) is 6.53. The fourth-order valence-corrected chi connectivity index (χ4v) is 2.84. The molecule has 1 N–H and O–H groups in total. The van der Waals surface area contributed by atoms with Crippen LogP contribution in [0, 0.1) is 0 Å². The molecule has 0 saturated carbocycles. The highest BCUT2D eigenvalue weighted by atomic mass is 35.5. The minimum absolute atomic E-state index is 0.0543. The van der Waals surface area contributed by atoms with E-state index in [1.807, 2.05) is 16.8 Å². The minimum Gasteiger partial charge on any atom is -0.394 e. The molecule has 3 heterocycles. The van der Waals surface area contributed by atoms with Crippen molar-refractivity contribution in [3.05, 3.63) is 28.6 Å². The van der Waals surface area contributed by atoms with Crippen molar-refractivity contribution in [3.63, 3.8) is 0 Å². The first kappa shape index (κ1) is 12.2. The third-order valence-corrected chi connectivity index (χ3v) is 3.72. The Morgan fingerprint density at radius 3 is 3.00 bits per heavy atom. The summed E-state index contributed by atoms with van der Waals surface area (Å²) < 4.78 is 7.74. The average molecular weight is 287 g/mol. The molecule has 4 nitrogen and oxygen atoms in total. The fraction of sp³-hybridized carbons (Fsp3) is 0.417. The van der Waals surface area contributed by atoms with Gasteiger partial charge in [-0.05, 0) is 25.0 Å². The van der Waals surface area contributed by atoms with Crippen LogP contribution in [0.25, 0.3) is 10.9 Å². The molecule has 1 saturated heterocycles. The maximum Gasteiger partial charge on any atom is 0.140 e. The number of hydrogen-bond donors (Lipinski definition) is 1. The van der Waals surface area contributed by atoms with Gasteiger partial charge in [-0.15, -0.1) is 0 Å². The molecule has 3 rings (SSSR count). The molecule has 2 aromatic heterocycles. The number of halogens is 2. The lowest BCUT2D eigenvalue weighted by Gasteiger charge is -2.15. The normalized spacial score (nSPS) is 23.9. The zero-order valence-corrected chi connectivity index (χ0v) is 11.0. The van der Waals surface area contributed by atoms with Gasteiger partial charge >= 0.3 is 0 Å². The molecule has 1 aliphatic rings. The van der Waals surface area contributed by atoms with E-state index in [0.717, 1.165) is 23.7 Å². The monoisotopic (exact) mass is 286 g/mol. The van der Waals surface area contributed by atoms with E-state index in [1.54, 1.807) is 6.07 Å². The molecule has 0 bridgehead atoms. The lowest BCUT2D eigenvalue weighted by Crippen LogP contribution is -2.13. The largest absolute Gasteiger partial charge is 0.394 e. The second-order valence-corrected chi connectivity index (χ2v) is 5.11. The standard InChI is InChI=1S/C12H12Cl2N2O2/c13-10-5-9-8(12(14)15-10)3-4-16(9)11-2-1-7(6-17)18-11/h3-5,7,11,17H,1-2,6H2. The summed E-state index contributed by atoms with van der Waals surface area (Å²) in [6.45, 7) is 0.0543. The van der Waals surface area contributed by atoms with Crippen LogP contribution in [0.3, 0.4) is 0 Å². The van der Waals surface area contributed by atoms with Gasteiger partial charge < -0.3 is 14.4 Å². The molecule has 1 aliphatic heterocycles. The number of aliphatic hydroxyl groups is 1. The van der Waals surface area contributed by atoms with Crippen molar-refractivity contribution >= 4 is 34.1 Å². The first-order chi connectivity index (χ1) is 8.69. The molecule has 6 heteroatoms. The van der Waals surface area contributed by atoms with Crippen LogP contribution >= 0.6 is 23.2 Å².